The van der Waals surface area contributed by atoms with Crippen molar-refractivity contribution < 1.29 is 13.2 Å². The molecule has 0 bridgehead atoms. The molecule has 1 aromatic rings. The maximum Gasteiger partial charge on any atom is 0.242 e. The van der Waals surface area contributed by atoms with E-state index in [9.17, 15) is 8.42 Å². The SMILES string of the molecule is CCOC(C)(C)CNS(=O)(=O)c1cnc(Cl)c(Cl)c1. The number of nitrogens with zero attached hydrogens (tertiary/aromatic N) is 1. The van der Waals surface area contributed by atoms with E-state index in [-0.39, 0.29) is 21.6 Å². The number of aromatic nitrogens is 1. The fourth-order valence-corrected chi connectivity index (χ4v) is 2.85. The number of hydrogen-bond donors (Lipinski definition) is 1. The van der Waals surface area contributed by atoms with Crippen molar-refractivity contribution in [3.05, 3.63) is 22.4 Å². The first kappa shape index (κ1) is 16.7. The molecule has 0 aliphatic heterocycles. The highest BCUT2D eigenvalue weighted by molar-refractivity contribution is 7.89. The first-order chi connectivity index (χ1) is 8.68. The summed E-state index contributed by atoms with van der Waals surface area (Å²) in [4.78, 5) is 3.68. The Hall–Kier alpha value is -0.400. The summed E-state index contributed by atoms with van der Waals surface area (Å²) in [6.07, 6.45) is 1.16. The molecule has 0 aliphatic rings. The second-order valence-corrected chi connectivity index (χ2v) is 6.99. The van der Waals surface area contributed by atoms with Gasteiger partial charge in [0, 0.05) is 19.3 Å². The lowest BCUT2D eigenvalue weighted by Gasteiger charge is -2.24. The Morgan fingerprint density at radius 2 is 2.05 bits per heavy atom. The van der Waals surface area contributed by atoms with Crippen LogP contribution in [0.15, 0.2) is 17.2 Å². The second kappa shape index (κ2) is 6.37. The van der Waals surface area contributed by atoms with Crippen LogP contribution in [0.25, 0.3) is 0 Å². The summed E-state index contributed by atoms with van der Waals surface area (Å²) in [5.74, 6) is 0. The molecule has 0 radical (unpaired) electrons. The molecule has 0 spiro atoms. The average Bonchev–Trinajstić information content (AvgIpc) is 2.30. The van der Waals surface area contributed by atoms with Crippen LogP contribution in [0.3, 0.4) is 0 Å². The van der Waals surface area contributed by atoms with Crippen molar-refractivity contribution >= 4 is 33.2 Å². The third kappa shape index (κ3) is 4.89. The van der Waals surface area contributed by atoms with Gasteiger partial charge in [0.2, 0.25) is 10.0 Å². The molecule has 1 heterocycles. The summed E-state index contributed by atoms with van der Waals surface area (Å²) < 4.78 is 31.9. The van der Waals surface area contributed by atoms with E-state index in [0.717, 1.165) is 6.20 Å². The zero-order chi connectivity index (χ0) is 14.7. The molecule has 8 heteroatoms. The van der Waals surface area contributed by atoms with E-state index in [1.807, 2.05) is 6.92 Å². The predicted molar refractivity (Wildman–Crippen MR) is 75.2 cm³/mol. The van der Waals surface area contributed by atoms with Crippen molar-refractivity contribution in [3.63, 3.8) is 0 Å². The number of rotatable bonds is 6. The monoisotopic (exact) mass is 326 g/mol. The van der Waals surface area contributed by atoms with E-state index in [1.54, 1.807) is 13.8 Å². The molecule has 0 saturated heterocycles. The van der Waals surface area contributed by atoms with Crippen LogP contribution in [-0.4, -0.2) is 32.2 Å². The van der Waals surface area contributed by atoms with E-state index in [0.29, 0.717) is 6.61 Å². The molecule has 0 aliphatic carbocycles. The van der Waals surface area contributed by atoms with Gasteiger partial charge in [-0.25, -0.2) is 18.1 Å². The molecule has 0 fully saturated rings. The number of nitrogens with one attached hydrogen (secondary N) is 1. The summed E-state index contributed by atoms with van der Waals surface area (Å²) in [5.41, 5.74) is -0.592. The quantitative estimate of drug-likeness (QED) is 0.815. The van der Waals surface area contributed by atoms with Crippen LogP contribution in [0.5, 0.6) is 0 Å². The van der Waals surface area contributed by atoms with E-state index >= 15 is 0 Å². The topological polar surface area (TPSA) is 68.3 Å². The predicted octanol–water partition coefficient (Wildman–Crippen LogP) is 2.48. The number of halogens is 2. The van der Waals surface area contributed by atoms with Crippen molar-refractivity contribution in [1.29, 1.82) is 0 Å². The molecular weight excluding hydrogens is 311 g/mol. The van der Waals surface area contributed by atoms with Crippen LogP contribution >= 0.6 is 23.2 Å². The molecule has 19 heavy (non-hydrogen) atoms. The lowest BCUT2D eigenvalue weighted by Crippen LogP contribution is -2.40. The molecule has 0 aromatic carbocycles. The summed E-state index contributed by atoms with van der Waals surface area (Å²) in [6, 6.07) is 1.26. The Morgan fingerprint density at radius 3 is 2.58 bits per heavy atom. The molecule has 1 rings (SSSR count). The van der Waals surface area contributed by atoms with E-state index in [2.05, 4.69) is 9.71 Å². The summed E-state index contributed by atoms with van der Waals surface area (Å²) in [6.45, 7) is 6.09. The Balaban J connectivity index is 2.84. The number of sulfonamides is 1. The lowest BCUT2D eigenvalue weighted by molar-refractivity contribution is -0.00515. The third-order valence-corrected chi connectivity index (χ3v) is 4.36. The fourth-order valence-electron chi connectivity index (χ4n) is 1.34. The standard InChI is InChI=1S/C11H16Cl2N2O3S/c1-4-18-11(2,3)7-15-19(16,17)8-5-9(12)10(13)14-6-8/h5-6,15H,4,7H2,1-3H3. The van der Waals surface area contributed by atoms with E-state index in [1.165, 1.54) is 6.07 Å². The van der Waals surface area contributed by atoms with Gasteiger partial charge in [-0.1, -0.05) is 23.2 Å². The smallest absolute Gasteiger partial charge is 0.242 e. The Kier molecular flexibility index (Phi) is 5.58. The zero-order valence-corrected chi connectivity index (χ0v) is 13.2. The molecule has 0 amide bonds. The van der Waals surface area contributed by atoms with Crippen molar-refractivity contribution in [2.75, 3.05) is 13.2 Å². The Labute approximate surface area is 123 Å². The molecule has 108 valence electrons. The van der Waals surface area contributed by atoms with E-state index in [4.69, 9.17) is 27.9 Å². The molecule has 5 nitrogen and oxygen atoms in total. The van der Waals surface area contributed by atoms with Gasteiger partial charge < -0.3 is 4.74 Å². The molecule has 0 unspecified atom stereocenters. The minimum Gasteiger partial charge on any atom is -0.375 e. The maximum atomic E-state index is 12.0. The van der Waals surface area contributed by atoms with Gasteiger partial charge in [-0.2, -0.15) is 0 Å². The average molecular weight is 327 g/mol. The first-order valence-electron chi connectivity index (χ1n) is 5.62. The molecule has 1 N–H and O–H groups in total. The fraction of sp³-hybridized carbons (Fsp3) is 0.545. The lowest BCUT2D eigenvalue weighted by atomic mass is 10.1. The Morgan fingerprint density at radius 1 is 1.42 bits per heavy atom. The minimum atomic E-state index is -3.69. The van der Waals surface area contributed by atoms with Crippen LogP contribution in [0.2, 0.25) is 10.2 Å². The van der Waals surface area contributed by atoms with E-state index < -0.39 is 15.6 Å². The normalized spacial score (nSPS) is 12.7. The number of pyridine rings is 1. The van der Waals surface area contributed by atoms with Crippen LogP contribution in [0.4, 0.5) is 0 Å². The van der Waals surface area contributed by atoms with Gasteiger partial charge in [0.1, 0.15) is 10.0 Å². The maximum absolute atomic E-state index is 12.0. The summed E-state index contributed by atoms with van der Waals surface area (Å²) in [5, 5.41) is 0.156. The highest BCUT2D eigenvalue weighted by atomic mass is 35.5. The van der Waals surface area contributed by atoms with Gasteiger partial charge in [0.05, 0.1) is 10.6 Å². The van der Waals surface area contributed by atoms with Gasteiger partial charge in [-0.05, 0) is 26.8 Å². The molecule has 1 aromatic heterocycles. The van der Waals surface area contributed by atoms with Crippen molar-refractivity contribution in [1.82, 2.24) is 9.71 Å². The van der Waals surface area contributed by atoms with Crippen LogP contribution < -0.4 is 4.72 Å². The molecular formula is C11H16Cl2N2O3S. The first-order valence-corrected chi connectivity index (χ1v) is 7.86. The van der Waals surface area contributed by atoms with Gasteiger partial charge >= 0.3 is 0 Å². The number of hydrogen-bond acceptors (Lipinski definition) is 4. The van der Waals surface area contributed by atoms with Crippen molar-refractivity contribution in [2.24, 2.45) is 0 Å². The summed E-state index contributed by atoms with van der Waals surface area (Å²) >= 11 is 11.4. The minimum absolute atomic E-state index is 0.0331. The largest absolute Gasteiger partial charge is 0.375 e. The van der Waals surface area contributed by atoms with Crippen LogP contribution in [-0.2, 0) is 14.8 Å². The van der Waals surface area contributed by atoms with Gasteiger partial charge in [-0.15, -0.1) is 0 Å². The van der Waals surface area contributed by atoms with Crippen molar-refractivity contribution in [3.8, 4) is 0 Å². The van der Waals surface area contributed by atoms with Gasteiger partial charge in [-0.3, -0.25) is 0 Å². The second-order valence-electron chi connectivity index (χ2n) is 4.46. The zero-order valence-electron chi connectivity index (χ0n) is 10.9. The third-order valence-electron chi connectivity index (χ3n) is 2.30. The van der Waals surface area contributed by atoms with Gasteiger partial charge in [0.15, 0.2) is 0 Å². The summed E-state index contributed by atoms with van der Waals surface area (Å²) in [7, 11) is -3.69. The van der Waals surface area contributed by atoms with Crippen LogP contribution in [0.1, 0.15) is 20.8 Å². The van der Waals surface area contributed by atoms with Crippen molar-refractivity contribution in [2.45, 2.75) is 31.3 Å². The molecule has 0 saturated carbocycles. The Bertz CT molecular complexity index is 547. The van der Waals surface area contributed by atoms with Gasteiger partial charge in [0.25, 0.3) is 0 Å². The number of ether oxygens (including phenoxy) is 1. The highest BCUT2D eigenvalue weighted by Crippen LogP contribution is 2.22. The highest BCUT2D eigenvalue weighted by Gasteiger charge is 2.23. The van der Waals surface area contributed by atoms with Crippen LogP contribution in [0, 0.1) is 0 Å². The molecule has 0 atom stereocenters.